The monoisotopic (exact) mass is 541 g/mol. The number of nitrogens with zero attached hydrogens (tertiary/aromatic N) is 2. The molecule has 5 atom stereocenters. The van der Waals surface area contributed by atoms with Crippen molar-refractivity contribution in [1.29, 1.82) is 0 Å². The number of aliphatic hydroxyl groups is 1. The van der Waals surface area contributed by atoms with Gasteiger partial charge in [-0.3, -0.25) is 4.90 Å². The summed E-state index contributed by atoms with van der Waals surface area (Å²) >= 11 is 0. The van der Waals surface area contributed by atoms with E-state index in [0.29, 0.717) is 49.5 Å². The number of carbonyl (C=O) groups is 2. The minimum Gasteiger partial charge on any atom is -0.493 e. The SMILES string of the molecule is COc1ccc2c3c1O[C@H]1C(OC(=O)N4CCCCC4NC(=O)OC(C)(C)C)=CC[C@@]4(O)[C@@H](C2)N(C)CC[C@]314. The fourth-order valence-corrected chi connectivity index (χ4v) is 7.49. The molecule has 212 valence electrons. The van der Waals surface area contributed by atoms with Gasteiger partial charge in [0.15, 0.2) is 17.6 Å². The molecule has 2 saturated heterocycles. The molecular formula is C29H39N3O7. The number of methoxy groups -OCH3 is 1. The minimum atomic E-state index is -1.07. The third-order valence-corrected chi connectivity index (χ3v) is 9.18. The summed E-state index contributed by atoms with van der Waals surface area (Å²) in [6.45, 7) is 6.65. The highest BCUT2D eigenvalue weighted by atomic mass is 16.6. The van der Waals surface area contributed by atoms with E-state index in [9.17, 15) is 14.7 Å². The maximum Gasteiger partial charge on any atom is 0.416 e. The molecule has 1 unspecified atom stereocenters. The van der Waals surface area contributed by atoms with Crippen LogP contribution in [0, 0.1) is 0 Å². The highest BCUT2D eigenvalue weighted by Gasteiger charge is 2.72. The van der Waals surface area contributed by atoms with Crippen LogP contribution in [0.1, 0.15) is 64.0 Å². The number of benzene rings is 1. The van der Waals surface area contributed by atoms with Gasteiger partial charge in [-0.05, 0) is 84.2 Å². The maximum absolute atomic E-state index is 13.6. The van der Waals surface area contributed by atoms with Gasteiger partial charge in [-0.25, -0.2) is 9.59 Å². The number of piperidine rings is 2. The standard InChI is InChI=1S/C29H39N3O7/c1-27(2,3)39-25(33)30-21-8-6-7-14-32(21)26(34)37-19-11-12-29(35)20-16-17-9-10-18(36-5)23-22(17)28(29,24(19)38-23)13-15-31(20)4/h9-11,20-21,24,35H,6-8,12-16H2,1-5H3,(H,30,33)/t20-,21?,24+,28+,29-/m1/s1. The molecule has 3 heterocycles. The molecule has 10 heteroatoms. The average Bonchev–Trinajstić information content (AvgIpc) is 3.23. The van der Waals surface area contributed by atoms with Crippen LogP contribution in [0.2, 0.25) is 0 Å². The second-order valence-corrected chi connectivity index (χ2v) is 12.5. The van der Waals surface area contributed by atoms with Crippen LogP contribution >= 0.6 is 0 Å². The molecule has 2 bridgehead atoms. The molecule has 0 aromatic heterocycles. The van der Waals surface area contributed by atoms with E-state index >= 15 is 0 Å². The molecule has 2 fully saturated rings. The number of rotatable bonds is 3. The van der Waals surface area contributed by atoms with Gasteiger partial charge < -0.3 is 34.3 Å². The van der Waals surface area contributed by atoms with Gasteiger partial charge in [-0.1, -0.05) is 6.07 Å². The van der Waals surface area contributed by atoms with Gasteiger partial charge in [0.2, 0.25) is 0 Å². The van der Waals surface area contributed by atoms with Gasteiger partial charge >= 0.3 is 12.2 Å². The van der Waals surface area contributed by atoms with Crippen LogP contribution in [0.25, 0.3) is 0 Å². The first-order chi connectivity index (χ1) is 18.5. The van der Waals surface area contributed by atoms with Crippen LogP contribution in [0.3, 0.4) is 0 Å². The summed E-state index contributed by atoms with van der Waals surface area (Å²) in [6.07, 6.45) is 3.53. The van der Waals surface area contributed by atoms with E-state index in [0.717, 1.165) is 30.5 Å². The number of hydrogen-bond acceptors (Lipinski definition) is 8. The number of amides is 2. The summed E-state index contributed by atoms with van der Waals surface area (Å²) in [5, 5.41) is 15.2. The lowest BCUT2D eigenvalue weighted by molar-refractivity contribution is -0.163. The average molecular weight is 542 g/mol. The van der Waals surface area contributed by atoms with E-state index in [1.54, 1.807) is 32.8 Å². The second-order valence-electron chi connectivity index (χ2n) is 12.5. The summed E-state index contributed by atoms with van der Waals surface area (Å²) in [7, 11) is 3.67. The summed E-state index contributed by atoms with van der Waals surface area (Å²) < 4.78 is 23.8. The lowest BCUT2D eigenvalue weighted by Gasteiger charge is -2.61. The van der Waals surface area contributed by atoms with E-state index < -0.39 is 41.1 Å². The normalized spacial score (nSPS) is 32.9. The smallest absolute Gasteiger partial charge is 0.416 e. The Bertz CT molecular complexity index is 1230. The lowest BCUT2D eigenvalue weighted by Crippen LogP contribution is -2.74. The predicted octanol–water partition coefficient (Wildman–Crippen LogP) is 3.45. The van der Waals surface area contributed by atoms with Crippen molar-refractivity contribution in [2.75, 3.05) is 27.2 Å². The Morgan fingerprint density at radius 3 is 2.74 bits per heavy atom. The summed E-state index contributed by atoms with van der Waals surface area (Å²) in [5.74, 6) is 1.65. The second kappa shape index (κ2) is 9.02. The summed E-state index contributed by atoms with van der Waals surface area (Å²) in [6, 6.07) is 3.90. The number of carbonyl (C=O) groups excluding carboxylic acids is 2. The summed E-state index contributed by atoms with van der Waals surface area (Å²) in [5.41, 5.74) is -0.338. The van der Waals surface area contributed by atoms with Crippen LogP contribution in [0.15, 0.2) is 24.0 Å². The number of nitrogens with one attached hydrogen (secondary N) is 1. The largest absolute Gasteiger partial charge is 0.493 e. The molecule has 5 aliphatic rings. The van der Waals surface area contributed by atoms with Gasteiger partial charge in [0.1, 0.15) is 17.5 Å². The molecule has 2 N–H and O–H groups in total. The van der Waals surface area contributed by atoms with Crippen molar-refractivity contribution in [1.82, 2.24) is 15.1 Å². The van der Waals surface area contributed by atoms with Gasteiger partial charge in [0, 0.05) is 24.6 Å². The van der Waals surface area contributed by atoms with E-state index in [2.05, 4.69) is 23.3 Å². The number of ether oxygens (including phenoxy) is 4. The zero-order chi connectivity index (χ0) is 27.7. The van der Waals surface area contributed by atoms with Crippen molar-refractivity contribution in [3.63, 3.8) is 0 Å². The number of hydrogen-bond donors (Lipinski definition) is 2. The molecule has 0 saturated carbocycles. The molecule has 10 nitrogen and oxygen atoms in total. The highest BCUT2D eigenvalue weighted by Crippen LogP contribution is 2.65. The quantitative estimate of drug-likeness (QED) is 0.599. The van der Waals surface area contributed by atoms with Crippen molar-refractivity contribution in [2.24, 2.45) is 0 Å². The number of likely N-dealkylation sites (tertiary alicyclic amines) is 2. The highest BCUT2D eigenvalue weighted by molar-refractivity contribution is 5.73. The van der Waals surface area contributed by atoms with Crippen LogP contribution in [-0.2, 0) is 21.3 Å². The Morgan fingerprint density at radius 2 is 2.00 bits per heavy atom. The van der Waals surface area contributed by atoms with Gasteiger partial charge in [-0.15, -0.1) is 0 Å². The van der Waals surface area contributed by atoms with Crippen molar-refractivity contribution in [2.45, 2.75) is 94.2 Å². The van der Waals surface area contributed by atoms with Gasteiger partial charge in [0.25, 0.3) is 0 Å². The molecule has 1 spiro atoms. The van der Waals surface area contributed by atoms with Gasteiger partial charge in [0.05, 0.1) is 18.1 Å². The van der Waals surface area contributed by atoms with Crippen molar-refractivity contribution < 1.29 is 33.6 Å². The first-order valence-corrected chi connectivity index (χ1v) is 14.0. The van der Waals surface area contributed by atoms with Crippen molar-refractivity contribution >= 4 is 12.2 Å². The summed E-state index contributed by atoms with van der Waals surface area (Å²) in [4.78, 5) is 29.9. The third-order valence-electron chi connectivity index (χ3n) is 9.18. The molecule has 2 aliphatic carbocycles. The predicted molar refractivity (Wildman–Crippen MR) is 142 cm³/mol. The van der Waals surface area contributed by atoms with Crippen LogP contribution < -0.4 is 14.8 Å². The van der Waals surface area contributed by atoms with Crippen molar-refractivity contribution in [3.8, 4) is 11.5 Å². The molecule has 0 radical (unpaired) electrons. The molecule has 2 amide bonds. The third kappa shape index (κ3) is 3.89. The van der Waals surface area contributed by atoms with Crippen LogP contribution in [-0.4, -0.2) is 83.9 Å². The molecule has 6 rings (SSSR count). The van der Waals surface area contributed by atoms with Gasteiger partial charge in [-0.2, -0.15) is 0 Å². The van der Waals surface area contributed by atoms with Crippen molar-refractivity contribution in [3.05, 3.63) is 35.1 Å². The zero-order valence-electron chi connectivity index (χ0n) is 23.4. The minimum absolute atomic E-state index is 0.0813. The number of alkyl carbamates (subject to hydrolysis) is 1. The molecular weight excluding hydrogens is 502 g/mol. The molecule has 39 heavy (non-hydrogen) atoms. The Morgan fingerprint density at radius 1 is 1.21 bits per heavy atom. The topological polar surface area (TPSA) is 110 Å². The fraction of sp³-hybridized carbons (Fsp3) is 0.655. The van der Waals surface area contributed by atoms with Crippen LogP contribution in [0.5, 0.6) is 11.5 Å². The molecule has 1 aromatic carbocycles. The maximum atomic E-state index is 13.6. The molecule has 3 aliphatic heterocycles. The number of likely N-dealkylation sites (N-methyl/N-ethyl adjacent to an activating group) is 1. The zero-order valence-corrected chi connectivity index (χ0v) is 23.4. The first kappa shape index (κ1) is 26.3. The van der Waals surface area contributed by atoms with E-state index in [-0.39, 0.29) is 6.04 Å². The Labute approximate surface area is 229 Å². The first-order valence-electron chi connectivity index (χ1n) is 14.0. The Hall–Kier alpha value is -2.98. The fourth-order valence-electron chi connectivity index (χ4n) is 7.49. The Kier molecular flexibility index (Phi) is 6.07. The van der Waals surface area contributed by atoms with E-state index in [1.807, 2.05) is 12.1 Å². The van der Waals surface area contributed by atoms with E-state index in [4.69, 9.17) is 18.9 Å². The lowest BCUT2D eigenvalue weighted by atomic mass is 9.50. The van der Waals surface area contributed by atoms with Crippen LogP contribution in [0.4, 0.5) is 9.59 Å². The molecule has 1 aromatic rings. The van der Waals surface area contributed by atoms with E-state index in [1.165, 1.54) is 0 Å². The Balaban J connectivity index is 1.30.